The molecule has 0 spiro atoms. The maximum Gasteiger partial charge on any atom is 0.216 e. The fraction of sp³-hybridized carbons (Fsp3) is 0.100. The van der Waals surface area contributed by atoms with Crippen molar-refractivity contribution in [3.63, 3.8) is 0 Å². The van der Waals surface area contributed by atoms with Gasteiger partial charge in [-0.25, -0.2) is 4.39 Å². The molecule has 0 saturated heterocycles. The number of aromatic nitrogens is 3. The molecule has 17 heavy (non-hydrogen) atoms. The zero-order chi connectivity index (χ0) is 12.4. The minimum atomic E-state index is -0.386. The van der Waals surface area contributed by atoms with Crippen LogP contribution in [0.25, 0.3) is 0 Å². The fourth-order valence-corrected chi connectivity index (χ4v) is 1.67. The highest BCUT2D eigenvalue weighted by Crippen LogP contribution is 2.15. The van der Waals surface area contributed by atoms with E-state index < -0.39 is 0 Å². The summed E-state index contributed by atoms with van der Waals surface area (Å²) in [6, 6.07) is 4.08. The van der Waals surface area contributed by atoms with Gasteiger partial charge in [0.05, 0.1) is 11.2 Å². The Morgan fingerprint density at radius 1 is 1.59 bits per heavy atom. The third kappa shape index (κ3) is 2.59. The lowest BCUT2D eigenvalue weighted by molar-refractivity contribution is 0.628. The van der Waals surface area contributed by atoms with E-state index in [-0.39, 0.29) is 5.82 Å². The van der Waals surface area contributed by atoms with Gasteiger partial charge in [0.1, 0.15) is 11.6 Å². The maximum atomic E-state index is 12.8. The molecule has 1 aromatic heterocycles. The van der Waals surface area contributed by atoms with Gasteiger partial charge in [-0.2, -0.15) is 14.9 Å². The second-order valence-corrected chi connectivity index (χ2v) is 4.09. The van der Waals surface area contributed by atoms with E-state index in [0.29, 0.717) is 21.2 Å². The van der Waals surface area contributed by atoms with E-state index in [1.807, 2.05) is 0 Å². The number of hydrogen-bond donors (Lipinski definition) is 1. The Hall–Kier alpha value is -1.53. The summed E-state index contributed by atoms with van der Waals surface area (Å²) in [6.45, 7) is 1.76. The van der Waals surface area contributed by atoms with E-state index in [1.54, 1.807) is 13.0 Å². The lowest BCUT2D eigenvalue weighted by Crippen LogP contribution is -1.94. The molecule has 2 aromatic rings. The average Bonchev–Trinajstić information content (AvgIpc) is 2.58. The molecule has 0 aliphatic rings. The van der Waals surface area contributed by atoms with Crippen molar-refractivity contribution < 1.29 is 4.39 Å². The van der Waals surface area contributed by atoms with Gasteiger partial charge in [0.2, 0.25) is 4.77 Å². The Morgan fingerprint density at radius 3 is 2.94 bits per heavy atom. The topological polar surface area (TPSA) is 46.0 Å². The number of nitrogens with one attached hydrogen (secondary N) is 1. The van der Waals surface area contributed by atoms with Gasteiger partial charge >= 0.3 is 0 Å². The summed E-state index contributed by atoms with van der Waals surface area (Å²) >= 11 is 10.8. The SMILES string of the molecule is Cc1n[nH]c(=S)n1/N=C/c1ccc(F)cc1Cl. The predicted octanol–water partition coefficient (Wildman–Crippen LogP) is 2.92. The minimum absolute atomic E-state index is 0.293. The predicted molar refractivity (Wildman–Crippen MR) is 66.6 cm³/mol. The third-order valence-electron chi connectivity index (χ3n) is 2.09. The third-order valence-corrected chi connectivity index (χ3v) is 2.68. The van der Waals surface area contributed by atoms with Crippen LogP contribution in [0.3, 0.4) is 0 Å². The van der Waals surface area contributed by atoms with Crippen molar-refractivity contribution in [2.75, 3.05) is 0 Å². The highest BCUT2D eigenvalue weighted by atomic mass is 35.5. The van der Waals surface area contributed by atoms with E-state index in [4.69, 9.17) is 23.8 Å². The molecule has 0 amide bonds. The van der Waals surface area contributed by atoms with Crippen molar-refractivity contribution in [1.29, 1.82) is 0 Å². The minimum Gasteiger partial charge on any atom is -0.250 e. The zero-order valence-corrected chi connectivity index (χ0v) is 10.4. The first-order valence-corrected chi connectivity index (χ1v) is 5.50. The summed E-state index contributed by atoms with van der Waals surface area (Å²) < 4.78 is 14.7. The Morgan fingerprint density at radius 2 is 2.35 bits per heavy atom. The molecular formula is C10H8ClFN4S. The molecule has 0 unspecified atom stereocenters. The Bertz CT molecular complexity index is 631. The summed E-state index contributed by atoms with van der Waals surface area (Å²) in [5.41, 5.74) is 0.607. The van der Waals surface area contributed by atoms with Gasteiger partial charge in [-0.3, -0.25) is 5.10 Å². The maximum absolute atomic E-state index is 12.8. The fourth-order valence-electron chi connectivity index (χ4n) is 1.23. The number of benzene rings is 1. The van der Waals surface area contributed by atoms with Crippen LogP contribution in [0.4, 0.5) is 4.39 Å². The van der Waals surface area contributed by atoms with Crippen molar-refractivity contribution >= 4 is 30.0 Å². The second kappa shape index (κ2) is 4.77. The van der Waals surface area contributed by atoms with Crippen LogP contribution in [0.5, 0.6) is 0 Å². The number of rotatable bonds is 2. The summed E-state index contributed by atoms with van der Waals surface area (Å²) in [5.74, 6) is 0.243. The van der Waals surface area contributed by atoms with Crippen molar-refractivity contribution in [1.82, 2.24) is 14.9 Å². The van der Waals surface area contributed by atoms with E-state index in [1.165, 1.54) is 23.0 Å². The molecule has 0 saturated carbocycles. The summed E-state index contributed by atoms with van der Waals surface area (Å²) in [5, 5.41) is 10.9. The van der Waals surface area contributed by atoms with Crippen LogP contribution in [0.15, 0.2) is 23.3 Å². The van der Waals surface area contributed by atoms with E-state index >= 15 is 0 Å². The van der Waals surface area contributed by atoms with Crippen molar-refractivity contribution in [3.05, 3.63) is 45.2 Å². The van der Waals surface area contributed by atoms with Crippen LogP contribution < -0.4 is 0 Å². The number of aryl methyl sites for hydroxylation is 1. The van der Waals surface area contributed by atoms with Gasteiger partial charge in [-0.05, 0) is 37.3 Å². The average molecular weight is 271 g/mol. The molecule has 0 aliphatic carbocycles. The van der Waals surface area contributed by atoms with Gasteiger partial charge in [0.15, 0.2) is 0 Å². The first kappa shape index (κ1) is 11.9. The highest BCUT2D eigenvalue weighted by molar-refractivity contribution is 7.71. The normalized spacial score (nSPS) is 11.2. The van der Waals surface area contributed by atoms with Crippen molar-refractivity contribution in [3.8, 4) is 0 Å². The molecule has 1 aromatic carbocycles. The molecule has 0 aliphatic heterocycles. The van der Waals surface area contributed by atoms with E-state index in [2.05, 4.69) is 15.3 Å². The number of halogens is 2. The molecule has 88 valence electrons. The smallest absolute Gasteiger partial charge is 0.216 e. The summed E-state index contributed by atoms with van der Waals surface area (Å²) in [6.07, 6.45) is 1.50. The lowest BCUT2D eigenvalue weighted by Gasteiger charge is -1.98. The summed E-state index contributed by atoms with van der Waals surface area (Å²) in [4.78, 5) is 0. The number of aromatic amines is 1. The van der Waals surface area contributed by atoms with Crippen LogP contribution >= 0.6 is 23.8 Å². The van der Waals surface area contributed by atoms with Crippen LogP contribution in [0.1, 0.15) is 11.4 Å². The zero-order valence-electron chi connectivity index (χ0n) is 8.82. The molecule has 2 rings (SSSR count). The van der Waals surface area contributed by atoms with Crippen LogP contribution in [-0.4, -0.2) is 21.1 Å². The Labute approximate surface area is 107 Å². The van der Waals surface area contributed by atoms with E-state index in [0.717, 1.165) is 0 Å². The van der Waals surface area contributed by atoms with Gasteiger partial charge in [0.25, 0.3) is 0 Å². The molecule has 0 atom stereocenters. The molecular weight excluding hydrogens is 263 g/mol. The molecule has 7 heteroatoms. The monoisotopic (exact) mass is 270 g/mol. The van der Waals surface area contributed by atoms with Gasteiger partial charge in [0, 0.05) is 5.56 Å². The number of hydrogen-bond acceptors (Lipinski definition) is 3. The van der Waals surface area contributed by atoms with E-state index in [9.17, 15) is 4.39 Å². The summed E-state index contributed by atoms with van der Waals surface area (Å²) in [7, 11) is 0. The number of nitrogens with zero attached hydrogens (tertiary/aromatic N) is 3. The van der Waals surface area contributed by atoms with Crippen LogP contribution in [-0.2, 0) is 0 Å². The first-order valence-electron chi connectivity index (χ1n) is 4.71. The quantitative estimate of drug-likeness (QED) is 0.674. The van der Waals surface area contributed by atoms with Crippen molar-refractivity contribution in [2.45, 2.75) is 6.92 Å². The molecule has 0 fully saturated rings. The molecule has 0 bridgehead atoms. The second-order valence-electron chi connectivity index (χ2n) is 3.30. The molecule has 4 nitrogen and oxygen atoms in total. The van der Waals surface area contributed by atoms with Crippen LogP contribution in [0, 0.1) is 17.5 Å². The standard InChI is InChI=1S/C10H8ClFN4S/c1-6-14-15-10(17)16(6)13-5-7-2-3-8(12)4-9(7)11/h2-5H,1H3,(H,15,17)/b13-5+. The Balaban J connectivity index is 2.36. The van der Waals surface area contributed by atoms with Gasteiger partial charge < -0.3 is 0 Å². The van der Waals surface area contributed by atoms with Gasteiger partial charge in [-0.1, -0.05) is 11.6 Å². The van der Waals surface area contributed by atoms with Gasteiger partial charge in [-0.15, -0.1) is 0 Å². The molecule has 1 heterocycles. The van der Waals surface area contributed by atoms with Crippen LogP contribution in [0.2, 0.25) is 5.02 Å². The highest BCUT2D eigenvalue weighted by Gasteiger charge is 2.01. The Kier molecular flexibility index (Phi) is 3.35. The first-order chi connectivity index (χ1) is 8.08. The lowest BCUT2D eigenvalue weighted by atomic mass is 10.2. The molecule has 0 radical (unpaired) electrons. The largest absolute Gasteiger partial charge is 0.250 e. The molecule has 1 N–H and O–H groups in total. The number of H-pyrrole nitrogens is 1. The van der Waals surface area contributed by atoms with Crippen molar-refractivity contribution in [2.24, 2.45) is 5.10 Å².